The Balaban J connectivity index is 1.36. The van der Waals surface area contributed by atoms with E-state index in [9.17, 15) is 13.6 Å². The molecule has 162 valence electrons. The van der Waals surface area contributed by atoms with Gasteiger partial charge in [0.15, 0.2) is 6.10 Å². The predicted molar refractivity (Wildman–Crippen MR) is 111 cm³/mol. The number of aromatic nitrogens is 3. The van der Waals surface area contributed by atoms with Gasteiger partial charge in [0.1, 0.15) is 12.0 Å². The summed E-state index contributed by atoms with van der Waals surface area (Å²) in [7, 11) is 0. The van der Waals surface area contributed by atoms with Crippen LogP contribution in [0.2, 0.25) is 0 Å². The summed E-state index contributed by atoms with van der Waals surface area (Å²) in [6, 6.07) is 13.8. The summed E-state index contributed by atoms with van der Waals surface area (Å²) in [5.41, 5.74) is 1.34. The second-order valence-corrected chi connectivity index (χ2v) is 7.48. The minimum absolute atomic E-state index is 0.0895. The van der Waals surface area contributed by atoms with Gasteiger partial charge in [-0.1, -0.05) is 18.2 Å². The van der Waals surface area contributed by atoms with E-state index in [0.717, 1.165) is 5.39 Å². The number of benzene rings is 1. The molecule has 1 fully saturated rings. The summed E-state index contributed by atoms with van der Waals surface area (Å²) in [6.07, 6.45) is 2.33. The first-order valence-corrected chi connectivity index (χ1v) is 10.0. The van der Waals surface area contributed by atoms with Crippen LogP contribution >= 0.6 is 0 Å². The van der Waals surface area contributed by atoms with Crippen molar-refractivity contribution in [2.45, 2.75) is 18.4 Å². The van der Waals surface area contributed by atoms with Crippen molar-refractivity contribution < 1.29 is 22.7 Å². The number of hydrogen-bond donors (Lipinski definition) is 0. The van der Waals surface area contributed by atoms with Crippen LogP contribution in [0.4, 0.5) is 8.78 Å². The van der Waals surface area contributed by atoms with E-state index in [0.29, 0.717) is 17.0 Å². The maximum absolute atomic E-state index is 14.6. The summed E-state index contributed by atoms with van der Waals surface area (Å²) < 4.78 is 40.1. The Bertz CT molecular complexity index is 1260. The lowest BCUT2D eigenvalue weighted by Crippen LogP contribution is -2.55. The first kappa shape index (κ1) is 20.0. The largest absolute Gasteiger partial charge is 0.466 e. The fraction of sp³-hybridized carbons (Fsp3) is 0.217. The molecule has 1 aromatic carbocycles. The van der Waals surface area contributed by atoms with E-state index < -0.39 is 24.4 Å². The number of amides is 1. The van der Waals surface area contributed by atoms with Crippen LogP contribution in [0.1, 0.15) is 16.9 Å². The van der Waals surface area contributed by atoms with Crippen LogP contribution in [0, 0.1) is 0 Å². The molecule has 1 atom stereocenters. The number of piperidine rings is 1. The van der Waals surface area contributed by atoms with Crippen molar-refractivity contribution in [3.05, 3.63) is 72.9 Å². The highest BCUT2D eigenvalue weighted by molar-refractivity contribution is 5.93. The van der Waals surface area contributed by atoms with Crippen LogP contribution in [0.5, 0.6) is 5.88 Å². The van der Waals surface area contributed by atoms with E-state index in [1.165, 1.54) is 29.6 Å². The number of carbonyl (C=O) groups is 1. The lowest BCUT2D eigenvalue weighted by molar-refractivity contribution is -0.131. The number of halogens is 2. The number of oxazole rings is 1. The molecule has 1 amide bonds. The highest BCUT2D eigenvalue weighted by atomic mass is 19.3. The van der Waals surface area contributed by atoms with Gasteiger partial charge in [-0.15, -0.1) is 0 Å². The molecule has 32 heavy (non-hydrogen) atoms. The molecule has 0 saturated carbocycles. The standard InChI is InChI=1S/C23H18F2N4O3/c24-23(25)8-11-29(22(30)18-13-16(7-9-26-18)21-27-10-12-31-21)14-19(23)32-20-6-5-15-3-1-2-4-17(15)28-20/h1-7,9-10,12-13,19H,8,11,14H2/t19-/m0/s1. The van der Waals surface area contributed by atoms with Crippen molar-refractivity contribution in [2.75, 3.05) is 13.1 Å². The molecular weight excluding hydrogens is 418 g/mol. The number of hydrogen-bond acceptors (Lipinski definition) is 6. The second-order valence-electron chi connectivity index (χ2n) is 7.48. The summed E-state index contributed by atoms with van der Waals surface area (Å²) in [5, 5.41) is 0.879. The third kappa shape index (κ3) is 3.89. The number of alkyl halides is 2. The van der Waals surface area contributed by atoms with Gasteiger partial charge in [-0.2, -0.15) is 0 Å². The minimum Gasteiger partial charge on any atom is -0.466 e. The number of ether oxygens (including phenoxy) is 1. The number of nitrogens with zero attached hydrogens (tertiary/aromatic N) is 4. The summed E-state index contributed by atoms with van der Waals surface area (Å²) in [4.78, 5) is 26.8. The van der Waals surface area contributed by atoms with Gasteiger partial charge in [-0.05, 0) is 24.3 Å². The summed E-state index contributed by atoms with van der Waals surface area (Å²) in [6.45, 7) is -0.396. The quantitative estimate of drug-likeness (QED) is 0.477. The molecule has 3 aromatic heterocycles. The van der Waals surface area contributed by atoms with Gasteiger partial charge in [-0.3, -0.25) is 9.78 Å². The smallest absolute Gasteiger partial charge is 0.287 e. The topological polar surface area (TPSA) is 81.4 Å². The van der Waals surface area contributed by atoms with Crippen molar-refractivity contribution in [3.8, 4) is 17.3 Å². The molecule has 0 unspecified atom stereocenters. The molecule has 0 radical (unpaired) electrons. The number of rotatable bonds is 4. The van der Waals surface area contributed by atoms with E-state index in [-0.39, 0.29) is 24.7 Å². The molecule has 5 rings (SSSR count). The number of likely N-dealkylation sites (tertiary alicyclic amines) is 1. The van der Waals surface area contributed by atoms with Crippen LogP contribution in [-0.4, -0.2) is 50.9 Å². The van der Waals surface area contributed by atoms with Crippen molar-refractivity contribution >= 4 is 16.8 Å². The molecule has 9 heteroatoms. The third-order valence-electron chi connectivity index (χ3n) is 5.35. The summed E-state index contributed by atoms with van der Waals surface area (Å²) >= 11 is 0. The van der Waals surface area contributed by atoms with Gasteiger partial charge in [0, 0.05) is 36.2 Å². The summed E-state index contributed by atoms with van der Waals surface area (Å²) in [5.74, 6) is -3.13. The molecule has 1 aliphatic heterocycles. The molecule has 7 nitrogen and oxygen atoms in total. The normalized spacial score (nSPS) is 17.9. The zero-order valence-corrected chi connectivity index (χ0v) is 16.8. The van der Waals surface area contributed by atoms with E-state index in [2.05, 4.69) is 15.0 Å². The zero-order chi connectivity index (χ0) is 22.1. The highest BCUT2D eigenvalue weighted by Gasteiger charge is 2.47. The Morgan fingerprint density at radius 2 is 2.00 bits per heavy atom. The Labute approximate surface area is 181 Å². The molecular formula is C23H18F2N4O3. The highest BCUT2D eigenvalue weighted by Crippen LogP contribution is 2.32. The average Bonchev–Trinajstić information content (AvgIpc) is 3.35. The van der Waals surface area contributed by atoms with E-state index in [1.54, 1.807) is 24.3 Å². The molecule has 1 aliphatic rings. The number of pyridine rings is 2. The van der Waals surface area contributed by atoms with Gasteiger partial charge in [0.05, 0.1) is 18.3 Å². The van der Waals surface area contributed by atoms with Gasteiger partial charge < -0.3 is 14.1 Å². The van der Waals surface area contributed by atoms with Crippen LogP contribution in [-0.2, 0) is 0 Å². The van der Waals surface area contributed by atoms with Crippen LogP contribution in [0.15, 0.2) is 71.6 Å². The number of carbonyl (C=O) groups excluding carboxylic acids is 1. The van der Waals surface area contributed by atoms with Gasteiger partial charge in [-0.25, -0.2) is 18.7 Å². The van der Waals surface area contributed by atoms with Crippen LogP contribution in [0.25, 0.3) is 22.4 Å². The Kier molecular flexibility index (Phi) is 5.01. The maximum Gasteiger partial charge on any atom is 0.287 e. The second kappa shape index (κ2) is 7.99. The molecule has 4 heterocycles. The average molecular weight is 436 g/mol. The van der Waals surface area contributed by atoms with Gasteiger partial charge in [0.2, 0.25) is 11.8 Å². The lowest BCUT2D eigenvalue weighted by Gasteiger charge is -2.37. The van der Waals surface area contributed by atoms with Gasteiger partial charge >= 0.3 is 0 Å². The molecule has 4 aromatic rings. The van der Waals surface area contributed by atoms with Gasteiger partial charge in [0.25, 0.3) is 11.8 Å². The van der Waals surface area contributed by atoms with Crippen LogP contribution < -0.4 is 4.74 Å². The Morgan fingerprint density at radius 3 is 2.84 bits per heavy atom. The van der Waals surface area contributed by atoms with Crippen LogP contribution in [0.3, 0.4) is 0 Å². The maximum atomic E-state index is 14.6. The Morgan fingerprint density at radius 1 is 1.12 bits per heavy atom. The van der Waals surface area contributed by atoms with Crippen molar-refractivity contribution in [2.24, 2.45) is 0 Å². The molecule has 0 bridgehead atoms. The lowest BCUT2D eigenvalue weighted by atomic mass is 10.0. The fourth-order valence-corrected chi connectivity index (χ4v) is 3.65. The molecule has 0 N–H and O–H groups in total. The van der Waals surface area contributed by atoms with Crippen molar-refractivity contribution in [1.82, 2.24) is 19.9 Å². The zero-order valence-electron chi connectivity index (χ0n) is 16.8. The molecule has 1 saturated heterocycles. The first-order valence-electron chi connectivity index (χ1n) is 10.0. The van der Waals surface area contributed by atoms with Crippen molar-refractivity contribution in [3.63, 3.8) is 0 Å². The number of fused-ring (bicyclic) bond motifs is 1. The monoisotopic (exact) mass is 436 g/mol. The van der Waals surface area contributed by atoms with E-state index in [1.807, 2.05) is 18.2 Å². The first-order chi connectivity index (χ1) is 15.5. The number of para-hydroxylation sites is 1. The van der Waals surface area contributed by atoms with Crippen molar-refractivity contribution in [1.29, 1.82) is 0 Å². The molecule has 0 aliphatic carbocycles. The minimum atomic E-state index is -3.10. The predicted octanol–water partition coefficient (Wildman–Crippen LogP) is 4.21. The third-order valence-corrected chi connectivity index (χ3v) is 5.35. The van der Waals surface area contributed by atoms with E-state index >= 15 is 0 Å². The fourth-order valence-electron chi connectivity index (χ4n) is 3.65. The Hall–Kier alpha value is -3.88. The molecule has 0 spiro atoms. The SMILES string of the molecule is O=C(c1cc(-c2ncco2)ccn1)N1CCC(F)(F)[C@@H](Oc2ccc3ccccc3n2)C1. The van der Waals surface area contributed by atoms with E-state index in [4.69, 9.17) is 9.15 Å².